The molecule has 2 aromatic rings. The van der Waals surface area contributed by atoms with Gasteiger partial charge in [0, 0.05) is 11.6 Å². The standard InChI is InChI=1S/C22H21N3O6S/c1-12(24-25-21(27)19-7-4-8-32-19)15-9-17-18(31-11-30-17)10-16(15)23-20(26)13-5-2-3-6-14(13)22(28)29/h2-4,7-10,13-14H,5-6,11H2,1H3,(H,23,26)(H,25,27)(H,28,29)/t13-,14-/m0/s1. The van der Waals surface area contributed by atoms with E-state index < -0.39 is 23.7 Å². The van der Waals surface area contributed by atoms with E-state index in [0.29, 0.717) is 46.2 Å². The van der Waals surface area contributed by atoms with Crippen LogP contribution in [-0.4, -0.2) is 35.4 Å². The van der Waals surface area contributed by atoms with Crippen molar-refractivity contribution in [2.24, 2.45) is 16.9 Å². The number of nitrogens with zero attached hydrogens (tertiary/aromatic N) is 1. The Morgan fingerprint density at radius 3 is 2.53 bits per heavy atom. The maximum absolute atomic E-state index is 13.0. The van der Waals surface area contributed by atoms with Crippen LogP contribution in [0.15, 0.2) is 46.9 Å². The van der Waals surface area contributed by atoms with Gasteiger partial charge in [0.1, 0.15) is 0 Å². The molecule has 4 rings (SSSR count). The Labute approximate surface area is 187 Å². The molecule has 9 nitrogen and oxygen atoms in total. The number of aliphatic carboxylic acids is 1. The number of hydrazone groups is 1. The zero-order chi connectivity index (χ0) is 22.7. The van der Waals surface area contributed by atoms with E-state index in [9.17, 15) is 19.5 Å². The molecule has 0 saturated heterocycles. The maximum atomic E-state index is 13.0. The summed E-state index contributed by atoms with van der Waals surface area (Å²) in [6, 6.07) is 6.74. The molecule has 1 aromatic heterocycles. The number of carboxylic acids is 1. The SMILES string of the molecule is CC(=NNC(=O)c1cccs1)c1cc2c(cc1NC(=O)[C@H]1CC=CC[C@@H]1C(=O)O)OCO2. The fourth-order valence-corrected chi connectivity index (χ4v) is 4.22. The van der Waals surface area contributed by atoms with Gasteiger partial charge in [-0.05, 0) is 37.3 Å². The third-order valence-corrected chi connectivity index (χ3v) is 6.19. The minimum absolute atomic E-state index is 0.0476. The first-order valence-electron chi connectivity index (χ1n) is 9.95. The number of carboxylic acid groups (broad SMARTS) is 1. The molecule has 0 bridgehead atoms. The Morgan fingerprint density at radius 1 is 1.12 bits per heavy atom. The van der Waals surface area contributed by atoms with Crippen molar-refractivity contribution in [3.05, 3.63) is 52.2 Å². The average Bonchev–Trinajstić information content (AvgIpc) is 3.48. The summed E-state index contributed by atoms with van der Waals surface area (Å²) in [4.78, 5) is 37.3. The molecule has 3 N–H and O–H groups in total. The van der Waals surface area contributed by atoms with Crippen LogP contribution in [0.4, 0.5) is 5.69 Å². The lowest BCUT2D eigenvalue weighted by Gasteiger charge is -2.24. The smallest absolute Gasteiger partial charge is 0.307 e. The predicted octanol–water partition coefficient (Wildman–Crippen LogP) is 3.24. The van der Waals surface area contributed by atoms with E-state index >= 15 is 0 Å². The highest BCUT2D eigenvalue weighted by Gasteiger charge is 2.34. The summed E-state index contributed by atoms with van der Waals surface area (Å²) < 4.78 is 10.9. The number of nitrogens with one attached hydrogen (secondary N) is 2. The Morgan fingerprint density at radius 2 is 1.84 bits per heavy atom. The molecule has 2 heterocycles. The predicted molar refractivity (Wildman–Crippen MR) is 118 cm³/mol. The van der Waals surface area contributed by atoms with Crippen LogP contribution in [0.1, 0.15) is 35.0 Å². The summed E-state index contributed by atoms with van der Waals surface area (Å²) in [6.45, 7) is 1.73. The van der Waals surface area contributed by atoms with E-state index in [-0.39, 0.29) is 12.7 Å². The van der Waals surface area contributed by atoms with Gasteiger partial charge in [-0.15, -0.1) is 11.3 Å². The zero-order valence-electron chi connectivity index (χ0n) is 17.2. The highest BCUT2D eigenvalue weighted by Crippen LogP contribution is 2.38. The molecule has 1 aromatic carbocycles. The third-order valence-electron chi connectivity index (χ3n) is 5.32. The van der Waals surface area contributed by atoms with Crippen molar-refractivity contribution in [2.75, 3.05) is 12.1 Å². The van der Waals surface area contributed by atoms with E-state index in [1.54, 1.807) is 42.6 Å². The number of rotatable bonds is 6. The fourth-order valence-electron chi connectivity index (χ4n) is 3.60. The Kier molecular flexibility index (Phi) is 6.22. The van der Waals surface area contributed by atoms with E-state index in [4.69, 9.17) is 9.47 Å². The van der Waals surface area contributed by atoms with Gasteiger partial charge in [-0.25, -0.2) is 5.43 Å². The van der Waals surface area contributed by atoms with Crippen LogP contribution in [0, 0.1) is 11.8 Å². The van der Waals surface area contributed by atoms with Crippen molar-refractivity contribution in [3.8, 4) is 11.5 Å². The summed E-state index contributed by atoms with van der Waals surface area (Å²) >= 11 is 1.30. The van der Waals surface area contributed by atoms with Gasteiger partial charge in [-0.2, -0.15) is 5.10 Å². The molecule has 0 radical (unpaired) electrons. The summed E-state index contributed by atoms with van der Waals surface area (Å²) in [7, 11) is 0. The molecule has 166 valence electrons. The van der Waals surface area contributed by atoms with Gasteiger partial charge in [0.25, 0.3) is 5.91 Å². The van der Waals surface area contributed by atoms with Crippen molar-refractivity contribution in [3.63, 3.8) is 0 Å². The number of hydrogen-bond acceptors (Lipinski definition) is 7. The fraction of sp³-hybridized carbons (Fsp3) is 0.273. The molecule has 0 saturated carbocycles. The van der Waals surface area contributed by atoms with Crippen LogP contribution in [0.2, 0.25) is 0 Å². The molecule has 0 spiro atoms. The van der Waals surface area contributed by atoms with E-state index in [0.717, 1.165) is 0 Å². The molecule has 0 unspecified atom stereocenters. The first-order valence-corrected chi connectivity index (χ1v) is 10.8. The number of hydrogen-bond donors (Lipinski definition) is 3. The first-order chi connectivity index (χ1) is 15.4. The highest BCUT2D eigenvalue weighted by atomic mass is 32.1. The second-order valence-corrected chi connectivity index (χ2v) is 8.30. The number of ether oxygens (including phenoxy) is 2. The molecule has 1 aliphatic carbocycles. The van der Waals surface area contributed by atoms with Crippen molar-refractivity contribution in [2.45, 2.75) is 19.8 Å². The monoisotopic (exact) mass is 455 g/mol. The van der Waals surface area contributed by atoms with Crippen molar-refractivity contribution in [1.82, 2.24) is 5.43 Å². The van der Waals surface area contributed by atoms with Crippen LogP contribution in [0.5, 0.6) is 11.5 Å². The normalized spacial score (nSPS) is 19.5. The largest absolute Gasteiger partial charge is 0.481 e. The number of carbonyl (C=O) groups excluding carboxylic acids is 2. The lowest BCUT2D eigenvalue weighted by molar-refractivity contribution is -0.146. The van der Waals surface area contributed by atoms with Crippen LogP contribution >= 0.6 is 11.3 Å². The Bertz CT molecular complexity index is 1110. The van der Waals surface area contributed by atoms with Crippen molar-refractivity contribution < 1.29 is 29.0 Å². The Hall–Kier alpha value is -3.66. The topological polar surface area (TPSA) is 126 Å². The van der Waals surface area contributed by atoms with Crippen LogP contribution in [0.25, 0.3) is 0 Å². The number of benzene rings is 1. The van der Waals surface area contributed by atoms with Crippen molar-refractivity contribution in [1.29, 1.82) is 0 Å². The number of carbonyl (C=O) groups is 3. The molecule has 32 heavy (non-hydrogen) atoms. The minimum atomic E-state index is -1.01. The quantitative estimate of drug-likeness (QED) is 0.349. The first kappa shape index (κ1) is 21.6. The number of thiophene rings is 1. The molecule has 2 amide bonds. The van der Waals surface area contributed by atoms with Crippen LogP contribution in [-0.2, 0) is 9.59 Å². The van der Waals surface area contributed by atoms with E-state index in [2.05, 4.69) is 15.8 Å². The van der Waals surface area contributed by atoms with E-state index in [1.165, 1.54) is 11.3 Å². The molecule has 1 aliphatic heterocycles. The molecular formula is C22H21N3O6S. The van der Waals surface area contributed by atoms with Gasteiger partial charge in [-0.3, -0.25) is 14.4 Å². The zero-order valence-corrected chi connectivity index (χ0v) is 18.0. The second-order valence-electron chi connectivity index (χ2n) is 7.35. The molecule has 2 atom stereocenters. The maximum Gasteiger partial charge on any atom is 0.307 e. The molecular weight excluding hydrogens is 434 g/mol. The van der Waals surface area contributed by atoms with Crippen molar-refractivity contribution >= 4 is 40.5 Å². The summed E-state index contributed by atoms with van der Waals surface area (Å²) in [6.07, 6.45) is 4.24. The third kappa shape index (κ3) is 4.50. The number of allylic oxidation sites excluding steroid dienone is 2. The summed E-state index contributed by atoms with van der Waals surface area (Å²) in [5, 5.41) is 18.3. The summed E-state index contributed by atoms with van der Waals surface area (Å²) in [5.74, 6) is -2.31. The lowest BCUT2D eigenvalue weighted by Crippen LogP contribution is -2.35. The van der Waals surface area contributed by atoms with Gasteiger partial charge < -0.3 is 19.9 Å². The van der Waals surface area contributed by atoms with Gasteiger partial charge >= 0.3 is 5.97 Å². The average molecular weight is 455 g/mol. The number of amides is 2. The molecule has 10 heteroatoms. The van der Waals surface area contributed by atoms with Gasteiger partial charge in [0.05, 0.1) is 28.1 Å². The lowest BCUT2D eigenvalue weighted by atomic mass is 9.82. The summed E-state index contributed by atoms with van der Waals surface area (Å²) in [5.41, 5.74) is 3.85. The highest BCUT2D eigenvalue weighted by molar-refractivity contribution is 7.12. The second kappa shape index (κ2) is 9.23. The molecule has 2 aliphatic rings. The van der Waals surface area contributed by atoms with Crippen LogP contribution < -0.4 is 20.2 Å². The van der Waals surface area contributed by atoms with Gasteiger partial charge in [-0.1, -0.05) is 18.2 Å². The Balaban J connectivity index is 1.59. The number of anilines is 1. The van der Waals surface area contributed by atoms with Gasteiger partial charge in [0.2, 0.25) is 12.7 Å². The van der Waals surface area contributed by atoms with Crippen LogP contribution in [0.3, 0.4) is 0 Å². The van der Waals surface area contributed by atoms with Gasteiger partial charge in [0.15, 0.2) is 11.5 Å². The van der Waals surface area contributed by atoms with E-state index in [1.807, 2.05) is 6.08 Å². The minimum Gasteiger partial charge on any atom is -0.481 e. The molecule has 0 fully saturated rings. The number of fused-ring (bicyclic) bond motifs is 1.